The number of allylic oxidation sites excluding steroid dienone is 1. The molecule has 0 atom stereocenters. The summed E-state index contributed by atoms with van der Waals surface area (Å²) in [5, 5.41) is 0. The zero-order chi connectivity index (χ0) is 7.83. The van der Waals surface area contributed by atoms with Crippen molar-refractivity contribution in [2.75, 3.05) is 0 Å². The molecule has 0 radical (unpaired) electrons. The van der Waals surface area contributed by atoms with Crippen molar-refractivity contribution in [2.45, 2.75) is 40.0 Å². The fourth-order valence-electron chi connectivity index (χ4n) is 1.82. The van der Waals surface area contributed by atoms with Crippen LogP contribution in [-0.4, -0.2) is 0 Å². The Labute approximate surface area is 64.3 Å². The predicted molar refractivity (Wildman–Crippen MR) is 45.9 cm³/mol. The van der Waals surface area contributed by atoms with Crippen molar-refractivity contribution < 1.29 is 0 Å². The highest BCUT2D eigenvalue weighted by molar-refractivity contribution is 5.07. The minimum Gasteiger partial charge on any atom is -0.103 e. The summed E-state index contributed by atoms with van der Waals surface area (Å²) in [5.41, 5.74) is 0.889. The minimum atomic E-state index is 0.424. The van der Waals surface area contributed by atoms with Crippen molar-refractivity contribution in [3.8, 4) is 0 Å². The van der Waals surface area contributed by atoms with E-state index in [1.165, 1.54) is 19.3 Å². The highest BCUT2D eigenvalue weighted by Crippen LogP contribution is 2.54. The molecule has 0 aromatic carbocycles. The summed E-state index contributed by atoms with van der Waals surface area (Å²) in [6.07, 6.45) is 6.25. The molecule has 0 aromatic rings. The van der Waals surface area contributed by atoms with Gasteiger partial charge in [-0.25, -0.2) is 0 Å². The molecule has 1 saturated carbocycles. The summed E-state index contributed by atoms with van der Waals surface area (Å²) in [6.45, 7) is 10.9. The van der Waals surface area contributed by atoms with E-state index in [1.54, 1.807) is 0 Å². The summed E-state index contributed by atoms with van der Waals surface area (Å²) in [4.78, 5) is 0. The van der Waals surface area contributed by atoms with Gasteiger partial charge >= 0.3 is 0 Å². The average molecular weight is 138 g/mol. The van der Waals surface area contributed by atoms with Gasteiger partial charge in [-0.1, -0.05) is 33.3 Å². The fraction of sp³-hybridized carbons (Fsp3) is 0.800. The highest BCUT2D eigenvalue weighted by atomic mass is 14.5. The first-order chi connectivity index (χ1) is 4.52. The molecule has 0 unspecified atom stereocenters. The van der Waals surface area contributed by atoms with Crippen molar-refractivity contribution >= 4 is 0 Å². The summed E-state index contributed by atoms with van der Waals surface area (Å²) < 4.78 is 0. The van der Waals surface area contributed by atoms with Crippen LogP contribution in [0.15, 0.2) is 12.7 Å². The first kappa shape index (κ1) is 7.84. The topological polar surface area (TPSA) is 0 Å². The number of rotatable bonds is 1. The van der Waals surface area contributed by atoms with E-state index >= 15 is 0 Å². The fourth-order valence-corrected chi connectivity index (χ4v) is 1.82. The maximum atomic E-state index is 3.92. The van der Waals surface area contributed by atoms with Gasteiger partial charge in [0, 0.05) is 0 Å². The Morgan fingerprint density at radius 3 is 1.80 bits per heavy atom. The quantitative estimate of drug-likeness (QED) is 0.487. The van der Waals surface area contributed by atoms with E-state index in [4.69, 9.17) is 0 Å². The standard InChI is InChI=1S/C10H18/c1-5-10(7-6-8-10)9(2,3)4/h5H,1,6-8H2,2-4H3. The largest absolute Gasteiger partial charge is 0.103 e. The van der Waals surface area contributed by atoms with Crippen LogP contribution >= 0.6 is 0 Å². The van der Waals surface area contributed by atoms with E-state index in [9.17, 15) is 0 Å². The summed E-state index contributed by atoms with van der Waals surface area (Å²) in [7, 11) is 0. The molecule has 1 aliphatic carbocycles. The SMILES string of the molecule is C=CC1(C(C)(C)C)CCC1. The van der Waals surface area contributed by atoms with Crippen LogP contribution in [0.25, 0.3) is 0 Å². The zero-order valence-electron chi connectivity index (χ0n) is 7.41. The molecule has 1 fully saturated rings. The van der Waals surface area contributed by atoms with Crippen LogP contribution < -0.4 is 0 Å². The van der Waals surface area contributed by atoms with Crippen LogP contribution in [0.2, 0.25) is 0 Å². The van der Waals surface area contributed by atoms with Gasteiger partial charge in [0.2, 0.25) is 0 Å². The Hall–Kier alpha value is -0.260. The molecule has 1 rings (SSSR count). The van der Waals surface area contributed by atoms with Crippen molar-refractivity contribution in [3.63, 3.8) is 0 Å². The van der Waals surface area contributed by atoms with Gasteiger partial charge in [-0.15, -0.1) is 6.58 Å². The van der Waals surface area contributed by atoms with Gasteiger partial charge in [0.1, 0.15) is 0 Å². The lowest BCUT2D eigenvalue weighted by atomic mass is 9.55. The van der Waals surface area contributed by atoms with Gasteiger partial charge in [0.15, 0.2) is 0 Å². The monoisotopic (exact) mass is 138 g/mol. The summed E-state index contributed by atoms with van der Waals surface area (Å²) in [6, 6.07) is 0. The second-order valence-corrected chi connectivity index (χ2v) is 4.46. The molecule has 0 bridgehead atoms. The second-order valence-electron chi connectivity index (χ2n) is 4.46. The maximum absolute atomic E-state index is 3.92. The van der Waals surface area contributed by atoms with E-state index in [-0.39, 0.29) is 0 Å². The molecular formula is C10H18. The van der Waals surface area contributed by atoms with Crippen LogP contribution in [0.5, 0.6) is 0 Å². The molecule has 0 amide bonds. The van der Waals surface area contributed by atoms with E-state index in [1.807, 2.05) is 0 Å². The Kier molecular flexibility index (Phi) is 1.66. The summed E-state index contributed by atoms with van der Waals surface area (Å²) >= 11 is 0. The van der Waals surface area contributed by atoms with Crippen LogP contribution in [0.1, 0.15) is 40.0 Å². The highest BCUT2D eigenvalue weighted by Gasteiger charge is 2.43. The van der Waals surface area contributed by atoms with E-state index in [0.29, 0.717) is 10.8 Å². The molecule has 0 aromatic heterocycles. The van der Waals surface area contributed by atoms with E-state index in [2.05, 4.69) is 33.4 Å². The van der Waals surface area contributed by atoms with Gasteiger partial charge in [-0.3, -0.25) is 0 Å². The molecule has 0 spiro atoms. The van der Waals surface area contributed by atoms with Gasteiger partial charge in [0.25, 0.3) is 0 Å². The molecule has 10 heavy (non-hydrogen) atoms. The lowest BCUT2D eigenvalue weighted by molar-refractivity contribution is 0.0510. The van der Waals surface area contributed by atoms with E-state index in [0.717, 1.165) is 0 Å². The van der Waals surface area contributed by atoms with Crippen molar-refractivity contribution in [1.82, 2.24) is 0 Å². The van der Waals surface area contributed by atoms with Crippen LogP contribution in [-0.2, 0) is 0 Å². The number of hydrogen-bond donors (Lipinski definition) is 0. The van der Waals surface area contributed by atoms with Gasteiger partial charge in [0.05, 0.1) is 0 Å². The maximum Gasteiger partial charge on any atom is -0.00724 e. The molecule has 0 heterocycles. The third-order valence-corrected chi connectivity index (χ3v) is 3.13. The van der Waals surface area contributed by atoms with Crippen LogP contribution in [0.3, 0.4) is 0 Å². The molecule has 1 aliphatic rings. The average Bonchev–Trinajstić information content (AvgIpc) is 1.58. The Morgan fingerprint density at radius 2 is 1.80 bits per heavy atom. The van der Waals surface area contributed by atoms with Gasteiger partial charge in [-0.05, 0) is 23.7 Å². The normalized spacial score (nSPS) is 23.5. The first-order valence-electron chi connectivity index (χ1n) is 4.15. The molecule has 0 nitrogen and oxygen atoms in total. The number of hydrogen-bond acceptors (Lipinski definition) is 0. The molecule has 0 N–H and O–H groups in total. The third-order valence-electron chi connectivity index (χ3n) is 3.13. The lowest BCUT2D eigenvalue weighted by Crippen LogP contribution is -2.39. The third kappa shape index (κ3) is 0.902. The lowest BCUT2D eigenvalue weighted by Gasteiger charge is -2.49. The Balaban J connectivity index is 2.74. The molecule has 0 heteroatoms. The molecular weight excluding hydrogens is 120 g/mol. The Bertz CT molecular complexity index is 133. The first-order valence-corrected chi connectivity index (χ1v) is 4.15. The van der Waals surface area contributed by atoms with Crippen molar-refractivity contribution in [2.24, 2.45) is 10.8 Å². The van der Waals surface area contributed by atoms with Crippen molar-refractivity contribution in [1.29, 1.82) is 0 Å². The summed E-state index contributed by atoms with van der Waals surface area (Å²) in [5.74, 6) is 0. The van der Waals surface area contributed by atoms with Crippen LogP contribution in [0.4, 0.5) is 0 Å². The van der Waals surface area contributed by atoms with Gasteiger partial charge < -0.3 is 0 Å². The zero-order valence-corrected chi connectivity index (χ0v) is 7.41. The molecule has 0 saturated heterocycles. The predicted octanol–water partition coefficient (Wildman–Crippen LogP) is 3.39. The van der Waals surface area contributed by atoms with Crippen LogP contribution in [0, 0.1) is 10.8 Å². The van der Waals surface area contributed by atoms with Crippen molar-refractivity contribution in [3.05, 3.63) is 12.7 Å². The molecule has 0 aliphatic heterocycles. The molecule has 58 valence electrons. The van der Waals surface area contributed by atoms with Gasteiger partial charge in [-0.2, -0.15) is 0 Å². The minimum absolute atomic E-state index is 0.424. The Morgan fingerprint density at radius 1 is 1.30 bits per heavy atom. The smallest absolute Gasteiger partial charge is 0.00724 e. The second kappa shape index (κ2) is 2.11. The van der Waals surface area contributed by atoms with E-state index < -0.39 is 0 Å².